The van der Waals surface area contributed by atoms with Gasteiger partial charge in [0.25, 0.3) is 5.69 Å². The largest absolute Gasteiger partial charge is 0.493 e. The first-order valence-corrected chi connectivity index (χ1v) is 11.4. The fourth-order valence-electron chi connectivity index (χ4n) is 4.38. The summed E-state index contributed by atoms with van der Waals surface area (Å²) >= 11 is 0. The first-order valence-electron chi connectivity index (χ1n) is 11.4. The number of aromatic nitrogens is 1. The van der Waals surface area contributed by atoms with Crippen molar-refractivity contribution in [3.63, 3.8) is 0 Å². The Morgan fingerprint density at radius 1 is 1.03 bits per heavy atom. The van der Waals surface area contributed by atoms with Gasteiger partial charge < -0.3 is 4.74 Å². The van der Waals surface area contributed by atoms with E-state index >= 15 is 0 Å². The maximum Gasteiger partial charge on any atom is 0.270 e. The number of aryl methyl sites for hydroxylation is 1. The summed E-state index contributed by atoms with van der Waals surface area (Å²) in [7, 11) is 0. The number of nitro groups is 1. The Labute approximate surface area is 197 Å². The molecule has 0 aliphatic heterocycles. The van der Waals surface area contributed by atoms with E-state index in [1.165, 1.54) is 12.1 Å². The topological polar surface area (TPSA) is 99.4 Å². The number of ketones is 2. The standard InChI is InChI=1S/C27H26N2O5/c30-24-10-13-27(31)26(16-24)22(7-6-19-3-2-14-28-17-19)18-34-25-11-8-20(9-12-25)21-4-1-5-23(15-21)29(32)33/h1-5,8-9,11-12,14-15,17,22,26H,6-7,10,13,16,18H2. The highest BCUT2D eigenvalue weighted by Gasteiger charge is 2.34. The van der Waals surface area contributed by atoms with E-state index in [9.17, 15) is 19.7 Å². The van der Waals surface area contributed by atoms with E-state index in [2.05, 4.69) is 4.98 Å². The van der Waals surface area contributed by atoms with Gasteiger partial charge in [-0.3, -0.25) is 24.7 Å². The summed E-state index contributed by atoms with van der Waals surface area (Å²) in [6, 6.07) is 17.7. The minimum absolute atomic E-state index is 0.0426. The number of nitro benzene ring substituents is 1. The van der Waals surface area contributed by atoms with Gasteiger partial charge in [0.2, 0.25) is 0 Å². The van der Waals surface area contributed by atoms with Crippen LogP contribution in [0.2, 0.25) is 0 Å². The van der Waals surface area contributed by atoms with E-state index in [0.29, 0.717) is 25.2 Å². The molecule has 0 N–H and O–H groups in total. The Balaban J connectivity index is 1.44. The van der Waals surface area contributed by atoms with E-state index in [4.69, 9.17) is 4.74 Å². The lowest BCUT2D eigenvalue weighted by molar-refractivity contribution is -0.384. The average molecular weight is 459 g/mol. The average Bonchev–Trinajstić information content (AvgIpc) is 2.87. The predicted molar refractivity (Wildman–Crippen MR) is 127 cm³/mol. The van der Waals surface area contributed by atoms with E-state index in [1.807, 2.05) is 48.7 Å². The molecule has 0 spiro atoms. The van der Waals surface area contributed by atoms with Crippen molar-refractivity contribution in [2.75, 3.05) is 6.61 Å². The Bertz CT molecular complexity index is 1160. The highest BCUT2D eigenvalue weighted by Crippen LogP contribution is 2.30. The number of benzene rings is 2. The van der Waals surface area contributed by atoms with Crippen molar-refractivity contribution in [1.82, 2.24) is 4.98 Å². The molecule has 7 heteroatoms. The molecule has 3 aromatic rings. The van der Waals surface area contributed by atoms with Gasteiger partial charge in [0.1, 0.15) is 17.3 Å². The van der Waals surface area contributed by atoms with Crippen LogP contribution in [0.25, 0.3) is 11.1 Å². The van der Waals surface area contributed by atoms with Gasteiger partial charge in [-0.25, -0.2) is 0 Å². The molecule has 2 unspecified atom stereocenters. The third kappa shape index (κ3) is 5.92. The third-order valence-electron chi connectivity index (χ3n) is 6.32. The maximum absolute atomic E-state index is 12.6. The normalized spacial score (nSPS) is 16.8. The number of nitrogens with zero attached hydrogens (tertiary/aromatic N) is 2. The van der Waals surface area contributed by atoms with Crippen molar-refractivity contribution in [3.8, 4) is 16.9 Å². The summed E-state index contributed by atoms with van der Waals surface area (Å²) in [5.74, 6) is 0.531. The summed E-state index contributed by atoms with van der Waals surface area (Å²) < 4.78 is 6.06. The number of hydrogen-bond acceptors (Lipinski definition) is 6. The molecule has 2 atom stereocenters. The van der Waals surface area contributed by atoms with Crippen molar-refractivity contribution in [3.05, 3.63) is 88.7 Å². The molecular weight excluding hydrogens is 432 g/mol. The molecule has 34 heavy (non-hydrogen) atoms. The molecule has 1 aliphatic rings. The number of rotatable bonds is 9. The lowest BCUT2D eigenvalue weighted by atomic mass is 9.76. The smallest absolute Gasteiger partial charge is 0.270 e. The number of ether oxygens (including phenoxy) is 1. The highest BCUT2D eigenvalue weighted by atomic mass is 16.6. The molecule has 4 rings (SSSR count). The molecule has 1 aromatic heterocycles. The van der Waals surface area contributed by atoms with Crippen LogP contribution < -0.4 is 4.74 Å². The van der Waals surface area contributed by atoms with Crippen molar-refractivity contribution in [2.45, 2.75) is 32.1 Å². The van der Waals surface area contributed by atoms with Gasteiger partial charge in [-0.2, -0.15) is 0 Å². The molecule has 0 bridgehead atoms. The van der Waals surface area contributed by atoms with Crippen molar-refractivity contribution in [1.29, 1.82) is 0 Å². The molecule has 0 saturated heterocycles. The van der Waals surface area contributed by atoms with Gasteiger partial charge in [-0.05, 0) is 47.7 Å². The van der Waals surface area contributed by atoms with Crippen LogP contribution in [-0.2, 0) is 16.0 Å². The summed E-state index contributed by atoms with van der Waals surface area (Å²) in [6.45, 7) is 0.333. The van der Waals surface area contributed by atoms with Gasteiger partial charge in [0.05, 0.1) is 11.5 Å². The van der Waals surface area contributed by atoms with E-state index in [1.54, 1.807) is 12.3 Å². The molecular formula is C27H26N2O5. The van der Waals surface area contributed by atoms with E-state index in [-0.39, 0.29) is 35.5 Å². The lowest BCUT2D eigenvalue weighted by Gasteiger charge is -2.28. The Morgan fingerprint density at radius 2 is 1.85 bits per heavy atom. The second kappa shape index (κ2) is 10.8. The first-order chi connectivity index (χ1) is 16.5. The fourth-order valence-corrected chi connectivity index (χ4v) is 4.38. The van der Waals surface area contributed by atoms with Gasteiger partial charge in [0.15, 0.2) is 0 Å². The summed E-state index contributed by atoms with van der Waals surface area (Å²) in [5.41, 5.74) is 2.73. The summed E-state index contributed by atoms with van der Waals surface area (Å²) in [6.07, 6.45) is 5.96. The van der Waals surface area contributed by atoms with Crippen molar-refractivity contribution in [2.24, 2.45) is 11.8 Å². The second-order valence-electron chi connectivity index (χ2n) is 8.62. The Kier molecular flexibility index (Phi) is 7.42. The molecule has 1 heterocycles. The minimum Gasteiger partial charge on any atom is -0.493 e. The van der Waals surface area contributed by atoms with Crippen LogP contribution >= 0.6 is 0 Å². The summed E-state index contributed by atoms with van der Waals surface area (Å²) in [4.78, 5) is 39.5. The maximum atomic E-state index is 12.6. The van der Waals surface area contributed by atoms with Crippen LogP contribution in [0.1, 0.15) is 31.2 Å². The van der Waals surface area contributed by atoms with Gasteiger partial charge in [-0.15, -0.1) is 0 Å². The monoisotopic (exact) mass is 458 g/mol. The van der Waals surface area contributed by atoms with Crippen LogP contribution in [0.3, 0.4) is 0 Å². The number of Topliss-reactive ketones (excluding diaryl/α,β-unsaturated/α-hetero) is 2. The second-order valence-corrected chi connectivity index (χ2v) is 8.62. The highest BCUT2D eigenvalue weighted by molar-refractivity contribution is 5.94. The summed E-state index contributed by atoms with van der Waals surface area (Å²) in [5, 5.41) is 11.0. The van der Waals surface area contributed by atoms with Gasteiger partial charge >= 0.3 is 0 Å². The predicted octanol–water partition coefficient (Wildman–Crippen LogP) is 5.22. The Morgan fingerprint density at radius 3 is 2.59 bits per heavy atom. The number of carbonyl (C=O) groups is 2. The van der Waals surface area contributed by atoms with Crippen molar-refractivity contribution >= 4 is 17.3 Å². The van der Waals surface area contributed by atoms with Crippen LogP contribution in [0.5, 0.6) is 5.75 Å². The van der Waals surface area contributed by atoms with E-state index in [0.717, 1.165) is 29.5 Å². The molecule has 0 radical (unpaired) electrons. The molecule has 1 saturated carbocycles. The van der Waals surface area contributed by atoms with Crippen LogP contribution in [0.15, 0.2) is 73.1 Å². The fraction of sp³-hybridized carbons (Fsp3) is 0.296. The lowest BCUT2D eigenvalue weighted by Crippen LogP contribution is -2.34. The van der Waals surface area contributed by atoms with Crippen molar-refractivity contribution < 1.29 is 19.2 Å². The molecule has 7 nitrogen and oxygen atoms in total. The quantitative estimate of drug-likeness (QED) is 0.322. The number of carbonyl (C=O) groups excluding carboxylic acids is 2. The van der Waals surface area contributed by atoms with Crippen LogP contribution in [0, 0.1) is 22.0 Å². The zero-order valence-corrected chi connectivity index (χ0v) is 18.8. The Hall–Kier alpha value is -3.87. The zero-order valence-electron chi connectivity index (χ0n) is 18.8. The number of non-ortho nitro benzene ring substituents is 1. The molecule has 1 fully saturated rings. The number of pyridine rings is 1. The first kappa shape index (κ1) is 23.3. The molecule has 174 valence electrons. The molecule has 2 aromatic carbocycles. The van der Waals surface area contributed by atoms with Gasteiger partial charge in [-0.1, -0.05) is 30.3 Å². The minimum atomic E-state index is -0.413. The molecule has 1 aliphatic carbocycles. The molecule has 0 amide bonds. The van der Waals surface area contributed by atoms with Gasteiger partial charge in [0, 0.05) is 55.6 Å². The SMILES string of the molecule is O=C1CCC(=O)C(C(CCc2cccnc2)COc2ccc(-c3cccc([N+](=O)[O-])c3)cc2)C1. The van der Waals surface area contributed by atoms with Crippen LogP contribution in [0.4, 0.5) is 5.69 Å². The van der Waals surface area contributed by atoms with Crippen LogP contribution in [-0.4, -0.2) is 28.1 Å². The zero-order chi connectivity index (χ0) is 23.9. The number of hydrogen-bond donors (Lipinski definition) is 0. The third-order valence-corrected chi connectivity index (χ3v) is 6.32. The van der Waals surface area contributed by atoms with E-state index < -0.39 is 4.92 Å².